The Morgan fingerprint density at radius 1 is 1.12 bits per heavy atom. The molecule has 1 aromatic rings. The van der Waals surface area contributed by atoms with Crippen molar-refractivity contribution in [2.45, 2.75) is 39.7 Å². The van der Waals surface area contributed by atoms with Crippen LogP contribution in [0.5, 0.6) is 0 Å². The summed E-state index contributed by atoms with van der Waals surface area (Å²) in [5.74, 6) is 1.09. The smallest absolute Gasteiger partial charge is 0.240 e. The van der Waals surface area contributed by atoms with Gasteiger partial charge < -0.3 is 4.90 Å². The zero-order chi connectivity index (χ0) is 18.7. The number of amides is 1. The average molecular weight is 357 g/mol. The lowest BCUT2D eigenvalue weighted by atomic mass is 9.85. The maximum atomic E-state index is 13.4. The van der Waals surface area contributed by atoms with E-state index < -0.39 is 5.41 Å². The van der Waals surface area contributed by atoms with E-state index in [1.807, 2.05) is 35.2 Å². The molecule has 142 valence electrons. The van der Waals surface area contributed by atoms with Gasteiger partial charge in [-0.15, -0.1) is 0 Å². The Bertz CT molecular complexity index is 647. The van der Waals surface area contributed by atoms with Gasteiger partial charge in [0.25, 0.3) is 0 Å². The van der Waals surface area contributed by atoms with Crippen LogP contribution < -0.4 is 4.90 Å². The summed E-state index contributed by atoms with van der Waals surface area (Å²) in [6.45, 7) is 11.1. The molecule has 0 bridgehead atoms. The molecule has 1 aromatic carbocycles. The predicted molar refractivity (Wildman–Crippen MR) is 108 cm³/mol. The van der Waals surface area contributed by atoms with Gasteiger partial charge in [-0.3, -0.25) is 19.6 Å². The Hall–Kier alpha value is -1.72. The van der Waals surface area contributed by atoms with Gasteiger partial charge in [0.1, 0.15) is 5.84 Å². The molecule has 0 aromatic heterocycles. The maximum Gasteiger partial charge on any atom is 0.240 e. The molecule has 2 aliphatic heterocycles. The SMILES string of the molecule is CCCC/N=C1/C(N2CCN(C)CC2)C(C)(C)C(=O)N1c1ccccc1. The van der Waals surface area contributed by atoms with E-state index in [4.69, 9.17) is 4.99 Å². The molecule has 2 aliphatic rings. The Balaban J connectivity index is 1.99. The molecule has 1 amide bonds. The van der Waals surface area contributed by atoms with Gasteiger partial charge in [0, 0.05) is 32.7 Å². The molecule has 2 saturated heterocycles. The number of carbonyl (C=O) groups is 1. The van der Waals surface area contributed by atoms with E-state index in [0.29, 0.717) is 0 Å². The van der Waals surface area contributed by atoms with Crippen molar-refractivity contribution in [3.05, 3.63) is 30.3 Å². The van der Waals surface area contributed by atoms with E-state index in [0.717, 1.165) is 57.1 Å². The third kappa shape index (κ3) is 3.55. The molecule has 26 heavy (non-hydrogen) atoms. The number of aliphatic imine (C=N–C) groups is 1. The summed E-state index contributed by atoms with van der Waals surface area (Å²) < 4.78 is 0. The largest absolute Gasteiger partial charge is 0.304 e. The maximum absolute atomic E-state index is 13.4. The quantitative estimate of drug-likeness (QED) is 0.762. The van der Waals surface area contributed by atoms with Crippen LogP contribution >= 0.6 is 0 Å². The van der Waals surface area contributed by atoms with Crippen LogP contribution in [0.4, 0.5) is 5.69 Å². The minimum atomic E-state index is -0.475. The van der Waals surface area contributed by atoms with E-state index >= 15 is 0 Å². The van der Waals surface area contributed by atoms with Crippen LogP contribution in [0.2, 0.25) is 0 Å². The predicted octanol–water partition coefficient (Wildman–Crippen LogP) is 2.87. The van der Waals surface area contributed by atoms with Gasteiger partial charge in [0.2, 0.25) is 5.91 Å². The average Bonchev–Trinajstić information content (AvgIpc) is 2.83. The summed E-state index contributed by atoms with van der Waals surface area (Å²) >= 11 is 0. The number of hydrogen-bond donors (Lipinski definition) is 0. The lowest BCUT2D eigenvalue weighted by molar-refractivity contribution is -0.126. The Morgan fingerprint density at radius 3 is 2.38 bits per heavy atom. The second kappa shape index (κ2) is 7.89. The fraction of sp³-hybridized carbons (Fsp3) is 0.619. The van der Waals surface area contributed by atoms with E-state index in [9.17, 15) is 4.79 Å². The highest BCUT2D eigenvalue weighted by atomic mass is 16.2. The van der Waals surface area contributed by atoms with Gasteiger partial charge in [-0.1, -0.05) is 31.5 Å². The minimum absolute atomic E-state index is 0.0424. The topological polar surface area (TPSA) is 39.1 Å². The number of anilines is 1. The lowest BCUT2D eigenvalue weighted by Gasteiger charge is -2.40. The molecule has 0 saturated carbocycles. The lowest BCUT2D eigenvalue weighted by Crippen LogP contribution is -2.55. The zero-order valence-electron chi connectivity index (χ0n) is 16.6. The molecule has 1 atom stereocenters. The van der Waals surface area contributed by atoms with Crippen LogP contribution in [-0.4, -0.2) is 67.4 Å². The van der Waals surface area contributed by atoms with Gasteiger partial charge in [0.05, 0.1) is 17.1 Å². The van der Waals surface area contributed by atoms with Crippen LogP contribution in [-0.2, 0) is 4.79 Å². The Labute approximate surface area is 157 Å². The molecule has 3 rings (SSSR count). The molecule has 5 heteroatoms. The molecule has 0 N–H and O–H groups in total. The summed E-state index contributed by atoms with van der Waals surface area (Å²) in [6.07, 6.45) is 2.16. The third-order valence-corrected chi connectivity index (χ3v) is 5.61. The van der Waals surface area contributed by atoms with Gasteiger partial charge >= 0.3 is 0 Å². The number of amidine groups is 1. The summed E-state index contributed by atoms with van der Waals surface area (Å²) in [5, 5.41) is 0. The van der Waals surface area contributed by atoms with Crippen molar-refractivity contribution in [2.75, 3.05) is 44.7 Å². The first-order valence-electron chi connectivity index (χ1n) is 9.83. The zero-order valence-corrected chi connectivity index (χ0v) is 16.6. The van der Waals surface area contributed by atoms with Crippen molar-refractivity contribution in [3.8, 4) is 0 Å². The van der Waals surface area contributed by atoms with Crippen molar-refractivity contribution >= 4 is 17.4 Å². The number of unbranched alkanes of at least 4 members (excludes halogenated alkanes) is 1. The van der Waals surface area contributed by atoms with Crippen LogP contribution in [0, 0.1) is 5.41 Å². The second-order valence-electron chi connectivity index (χ2n) is 8.03. The van der Waals surface area contributed by atoms with Crippen LogP contribution in [0.25, 0.3) is 0 Å². The highest BCUT2D eigenvalue weighted by molar-refractivity contribution is 6.27. The fourth-order valence-electron chi connectivity index (χ4n) is 3.99. The number of nitrogens with zero attached hydrogens (tertiary/aromatic N) is 4. The molecule has 5 nitrogen and oxygen atoms in total. The standard InChI is InChI=1S/C21H32N4O/c1-5-6-12-22-19-18(24-15-13-23(4)14-16-24)21(2,3)20(26)25(19)17-10-8-7-9-11-17/h7-11,18H,5-6,12-16H2,1-4H3/b22-19-. The highest BCUT2D eigenvalue weighted by Gasteiger charge is 2.54. The summed E-state index contributed by atoms with van der Waals surface area (Å²) in [5.41, 5.74) is 0.453. The Kier molecular flexibility index (Phi) is 5.78. The monoisotopic (exact) mass is 356 g/mol. The van der Waals surface area contributed by atoms with Crippen LogP contribution in [0.15, 0.2) is 35.3 Å². The molecule has 1 unspecified atom stereocenters. The number of rotatable bonds is 5. The van der Waals surface area contributed by atoms with Gasteiger partial charge in [-0.25, -0.2) is 0 Å². The molecule has 0 aliphatic carbocycles. The number of carbonyl (C=O) groups excluding carboxylic acids is 1. The summed E-state index contributed by atoms with van der Waals surface area (Å²) in [4.78, 5) is 25.0. The van der Waals surface area contributed by atoms with Crippen molar-refractivity contribution in [1.82, 2.24) is 9.80 Å². The first kappa shape index (κ1) is 19.1. The molecule has 0 radical (unpaired) electrons. The third-order valence-electron chi connectivity index (χ3n) is 5.61. The van der Waals surface area contributed by atoms with Crippen LogP contribution in [0.3, 0.4) is 0 Å². The number of para-hydroxylation sites is 1. The normalized spacial score (nSPS) is 26.0. The van der Waals surface area contributed by atoms with Gasteiger partial charge in [-0.2, -0.15) is 0 Å². The van der Waals surface area contributed by atoms with E-state index in [-0.39, 0.29) is 11.9 Å². The van der Waals surface area contributed by atoms with E-state index in [2.05, 4.69) is 37.6 Å². The second-order valence-corrected chi connectivity index (χ2v) is 8.03. The molecular formula is C21H32N4O. The summed E-state index contributed by atoms with van der Waals surface area (Å²) in [6, 6.07) is 10.0. The fourth-order valence-corrected chi connectivity index (χ4v) is 3.99. The van der Waals surface area contributed by atoms with E-state index in [1.54, 1.807) is 0 Å². The van der Waals surface area contributed by atoms with E-state index in [1.165, 1.54) is 0 Å². The molecule has 2 fully saturated rings. The first-order valence-corrected chi connectivity index (χ1v) is 9.83. The van der Waals surface area contributed by atoms with Crippen molar-refractivity contribution in [1.29, 1.82) is 0 Å². The molecular weight excluding hydrogens is 324 g/mol. The van der Waals surface area contributed by atoms with Crippen molar-refractivity contribution in [2.24, 2.45) is 10.4 Å². The van der Waals surface area contributed by atoms with Crippen LogP contribution in [0.1, 0.15) is 33.6 Å². The number of benzene rings is 1. The van der Waals surface area contributed by atoms with Crippen molar-refractivity contribution < 1.29 is 4.79 Å². The first-order chi connectivity index (χ1) is 12.5. The number of hydrogen-bond acceptors (Lipinski definition) is 4. The van der Waals surface area contributed by atoms with Crippen molar-refractivity contribution in [3.63, 3.8) is 0 Å². The number of piperazine rings is 1. The highest BCUT2D eigenvalue weighted by Crippen LogP contribution is 2.39. The molecule has 2 heterocycles. The minimum Gasteiger partial charge on any atom is -0.304 e. The Morgan fingerprint density at radius 2 is 1.77 bits per heavy atom. The van der Waals surface area contributed by atoms with Gasteiger partial charge in [0.15, 0.2) is 0 Å². The van der Waals surface area contributed by atoms with Gasteiger partial charge in [-0.05, 0) is 39.4 Å². The summed E-state index contributed by atoms with van der Waals surface area (Å²) in [7, 11) is 2.16. The molecule has 0 spiro atoms. The number of likely N-dealkylation sites (N-methyl/N-ethyl adjacent to an activating group) is 1.